The van der Waals surface area contributed by atoms with Crippen molar-refractivity contribution in [1.29, 1.82) is 0 Å². The number of nitrogens with zero attached hydrogens (tertiary/aromatic N) is 2. The molecule has 0 atom stereocenters. The molecule has 6 heteroatoms. The lowest BCUT2D eigenvalue weighted by Crippen LogP contribution is -2.50. The molecule has 6 nitrogen and oxygen atoms in total. The van der Waals surface area contributed by atoms with Crippen LogP contribution >= 0.6 is 0 Å². The Balaban J connectivity index is 1.35. The Bertz CT molecular complexity index is 700. The minimum atomic E-state index is 0.123. The highest BCUT2D eigenvalue weighted by Gasteiger charge is 2.29. The second kappa shape index (κ2) is 6.91. The van der Waals surface area contributed by atoms with Crippen molar-refractivity contribution in [3.63, 3.8) is 0 Å². The Morgan fingerprint density at radius 3 is 2.71 bits per heavy atom. The van der Waals surface area contributed by atoms with E-state index in [9.17, 15) is 4.79 Å². The number of aromatic amines is 1. The molecule has 1 aliphatic heterocycles. The molecule has 1 aromatic carbocycles. The van der Waals surface area contributed by atoms with Crippen molar-refractivity contribution in [3.05, 3.63) is 30.0 Å². The lowest BCUT2D eigenvalue weighted by Gasteiger charge is -2.31. The summed E-state index contributed by atoms with van der Waals surface area (Å²) in [7, 11) is 0. The second-order valence-electron chi connectivity index (χ2n) is 6.78. The number of hydrogen-bond acceptors (Lipinski definition) is 4. The summed E-state index contributed by atoms with van der Waals surface area (Å²) in [6.45, 7) is 2.95. The van der Waals surface area contributed by atoms with Gasteiger partial charge in [0.15, 0.2) is 0 Å². The van der Waals surface area contributed by atoms with Gasteiger partial charge in [-0.1, -0.05) is 18.2 Å². The molecule has 1 amide bonds. The lowest BCUT2D eigenvalue weighted by molar-refractivity contribution is -0.133. The van der Waals surface area contributed by atoms with Gasteiger partial charge in [-0.2, -0.15) is 5.10 Å². The van der Waals surface area contributed by atoms with E-state index in [4.69, 9.17) is 4.74 Å². The van der Waals surface area contributed by atoms with Gasteiger partial charge in [0.1, 0.15) is 0 Å². The number of ether oxygens (including phenoxy) is 1. The van der Waals surface area contributed by atoms with Crippen LogP contribution < -0.4 is 5.43 Å². The van der Waals surface area contributed by atoms with E-state index in [-0.39, 0.29) is 11.8 Å². The van der Waals surface area contributed by atoms with Crippen molar-refractivity contribution in [2.45, 2.75) is 31.6 Å². The number of H-pyrrole nitrogens is 1. The molecule has 1 aliphatic carbocycles. The molecule has 0 unspecified atom stereocenters. The van der Waals surface area contributed by atoms with Crippen LogP contribution in [0.15, 0.2) is 24.3 Å². The SMILES string of the molecule is O=C(NN1CCOCC1)C1CCC(c2[nH]nc3ccccc23)CC1. The van der Waals surface area contributed by atoms with Crippen LogP contribution in [0.1, 0.15) is 37.3 Å². The number of hydrazine groups is 1. The van der Waals surface area contributed by atoms with Gasteiger partial charge in [0.2, 0.25) is 5.91 Å². The number of para-hydroxylation sites is 1. The molecule has 128 valence electrons. The van der Waals surface area contributed by atoms with Crippen molar-refractivity contribution in [1.82, 2.24) is 20.6 Å². The summed E-state index contributed by atoms with van der Waals surface area (Å²) in [6, 6.07) is 8.24. The number of hydrogen-bond donors (Lipinski definition) is 2. The largest absolute Gasteiger partial charge is 0.379 e. The molecule has 1 saturated carbocycles. The zero-order chi connectivity index (χ0) is 16.4. The van der Waals surface area contributed by atoms with Crippen LogP contribution in [0.3, 0.4) is 0 Å². The predicted octanol–water partition coefficient (Wildman–Crippen LogP) is 2.20. The summed E-state index contributed by atoms with van der Waals surface area (Å²) in [5.74, 6) is 0.771. The standard InChI is InChI=1S/C18H24N4O2/c23-18(21-22-9-11-24-12-10-22)14-7-5-13(6-8-14)17-15-3-1-2-4-16(15)19-20-17/h1-4,13-14H,5-12H2,(H,19,20)(H,21,23). The molecule has 1 saturated heterocycles. The van der Waals surface area contributed by atoms with Gasteiger partial charge in [-0.05, 0) is 31.7 Å². The van der Waals surface area contributed by atoms with Gasteiger partial charge in [0.05, 0.1) is 18.7 Å². The first-order chi connectivity index (χ1) is 11.8. The zero-order valence-corrected chi connectivity index (χ0v) is 13.8. The van der Waals surface area contributed by atoms with Crippen LogP contribution in [-0.2, 0) is 9.53 Å². The first-order valence-electron chi connectivity index (χ1n) is 8.87. The maximum Gasteiger partial charge on any atom is 0.237 e. The van der Waals surface area contributed by atoms with E-state index >= 15 is 0 Å². The number of aromatic nitrogens is 2. The Labute approximate surface area is 141 Å². The molecule has 0 bridgehead atoms. The monoisotopic (exact) mass is 328 g/mol. The number of rotatable bonds is 3. The van der Waals surface area contributed by atoms with E-state index in [1.54, 1.807) is 0 Å². The van der Waals surface area contributed by atoms with E-state index in [0.717, 1.165) is 44.3 Å². The number of benzene rings is 1. The topological polar surface area (TPSA) is 70.2 Å². The van der Waals surface area contributed by atoms with Gasteiger partial charge in [-0.3, -0.25) is 15.3 Å². The summed E-state index contributed by atoms with van der Waals surface area (Å²) in [5, 5.41) is 10.8. The Kier molecular flexibility index (Phi) is 4.49. The first-order valence-corrected chi connectivity index (χ1v) is 8.87. The average molecular weight is 328 g/mol. The minimum absolute atomic E-state index is 0.123. The highest BCUT2D eigenvalue weighted by molar-refractivity contribution is 5.82. The maximum absolute atomic E-state index is 12.5. The third-order valence-corrected chi connectivity index (χ3v) is 5.28. The summed E-state index contributed by atoms with van der Waals surface area (Å²) < 4.78 is 5.31. The van der Waals surface area contributed by atoms with E-state index in [2.05, 4.69) is 27.8 Å². The fourth-order valence-electron chi connectivity index (χ4n) is 3.86. The summed E-state index contributed by atoms with van der Waals surface area (Å²) in [5.41, 5.74) is 5.32. The molecule has 2 aromatic rings. The Morgan fingerprint density at radius 1 is 1.17 bits per heavy atom. The third kappa shape index (κ3) is 3.16. The molecule has 2 aliphatic rings. The van der Waals surface area contributed by atoms with Crippen LogP contribution in [0, 0.1) is 5.92 Å². The van der Waals surface area contributed by atoms with Crippen molar-refractivity contribution in [2.24, 2.45) is 5.92 Å². The van der Waals surface area contributed by atoms with Gasteiger partial charge in [0.25, 0.3) is 0 Å². The smallest absolute Gasteiger partial charge is 0.237 e. The molecule has 4 rings (SSSR count). The summed E-state index contributed by atoms with van der Waals surface area (Å²) in [4.78, 5) is 12.5. The summed E-state index contributed by atoms with van der Waals surface area (Å²) in [6.07, 6.45) is 3.95. The van der Waals surface area contributed by atoms with Crippen LogP contribution in [0.25, 0.3) is 10.9 Å². The van der Waals surface area contributed by atoms with Crippen LogP contribution in [0.5, 0.6) is 0 Å². The molecule has 1 aromatic heterocycles. The fraction of sp³-hybridized carbons (Fsp3) is 0.556. The van der Waals surface area contributed by atoms with Crippen molar-refractivity contribution in [3.8, 4) is 0 Å². The highest BCUT2D eigenvalue weighted by Crippen LogP contribution is 2.37. The molecular formula is C18H24N4O2. The van der Waals surface area contributed by atoms with Crippen molar-refractivity contribution >= 4 is 16.8 Å². The maximum atomic E-state index is 12.5. The van der Waals surface area contributed by atoms with Crippen molar-refractivity contribution in [2.75, 3.05) is 26.3 Å². The fourth-order valence-corrected chi connectivity index (χ4v) is 3.86. The molecule has 0 radical (unpaired) electrons. The third-order valence-electron chi connectivity index (χ3n) is 5.28. The molecule has 0 spiro atoms. The number of carbonyl (C=O) groups is 1. The number of nitrogens with one attached hydrogen (secondary N) is 2. The zero-order valence-electron chi connectivity index (χ0n) is 13.8. The van der Waals surface area contributed by atoms with Gasteiger partial charge >= 0.3 is 0 Å². The van der Waals surface area contributed by atoms with Crippen LogP contribution in [0.2, 0.25) is 0 Å². The minimum Gasteiger partial charge on any atom is -0.379 e. The molecule has 24 heavy (non-hydrogen) atoms. The van der Waals surface area contributed by atoms with E-state index < -0.39 is 0 Å². The van der Waals surface area contributed by atoms with Gasteiger partial charge < -0.3 is 4.74 Å². The predicted molar refractivity (Wildman–Crippen MR) is 91.3 cm³/mol. The molecular weight excluding hydrogens is 304 g/mol. The quantitative estimate of drug-likeness (QED) is 0.906. The van der Waals surface area contributed by atoms with Gasteiger partial charge in [-0.15, -0.1) is 0 Å². The number of amides is 1. The molecule has 2 fully saturated rings. The van der Waals surface area contributed by atoms with Crippen LogP contribution in [0.4, 0.5) is 0 Å². The molecule has 2 heterocycles. The van der Waals surface area contributed by atoms with E-state index in [1.807, 2.05) is 17.1 Å². The van der Waals surface area contributed by atoms with Gasteiger partial charge in [0, 0.05) is 36.0 Å². The van der Waals surface area contributed by atoms with Gasteiger partial charge in [-0.25, -0.2) is 5.01 Å². The average Bonchev–Trinajstić information content (AvgIpc) is 3.07. The van der Waals surface area contributed by atoms with E-state index in [1.165, 1.54) is 11.1 Å². The van der Waals surface area contributed by atoms with Crippen LogP contribution in [-0.4, -0.2) is 47.4 Å². The normalized spacial score (nSPS) is 25.7. The summed E-state index contributed by atoms with van der Waals surface area (Å²) >= 11 is 0. The Morgan fingerprint density at radius 2 is 1.92 bits per heavy atom. The molecule has 2 N–H and O–H groups in total. The Hall–Kier alpha value is -1.92. The number of fused-ring (bicyclic) bond motifs is 1. The lowest BCUT2D eigenvalue weighted by atomic mass is 9.79. The second-order valence-corrected chi connectivity index (χ2v) is 6.78. The highest BCUT2D eigenvalue weighted by atomic mass is 16.5. The van der Waals surface area contributed by atoms with Crippen molar-refractivity contribution < 1.29 is 9.53 Å². The van der Waals surface area contributed by atoms with E-state index in [0.29, 0.717) is 19.1 Å². The number of carbonyl (C=O) groups excluding carboxylic acids is 1. The number of morpholine rings is 1. The first kappa shape index (κ1) is 15.6.